The molecule has 0 aromatic carbocycles. The molecule has 0 spiro atoms. The van der Waals surface area contributed by atoms with Crippen LogP contribution < -0.4 is 5.32 Å². The molecule has 2 N–H and O–H groups in total. The summed E-state index contributed by atoms with van der Waals surface area (Å²) in [6.45, 7) is 1.24. The molecule has 2 aromatic rings. The van der Waals surface area contributed by atoms with E-state index in [-0.39, 0.29) is 0 Å². The van der Waals surface area contributed by atoms with Gasteiger partial charge in [-0.3, -0.25) is 0 Å². The number of thiophene rings is 1. The van der Waals surface area contributed by atoms with E-state index >= 15 is 0 Å². The molecule has 2 heterocycles. The fourth-order valence-electron chi connectivity index (χ4n) is 1.23. The van der Waals surface area contributed by atoms with Crippen LogP contribution in [-0.2, 0) is 13.1 Å². The van der Waals surface area contributed by atoms with Crippen LogP contribution in [0, 0.1) is 0 Å². The minimum absolute atomic E-state index is 0.336. The quantitative estimate of drug-likeness (QED) is 0.829. The van der Waals surface area contributed by atoms with Crippen LogP contribution in [0.1, 0.15) is 20.9 Å². The van der Waals surface area contributed by atoms with E-state index in [4.69, 9.17) is 5.11 Å². The summed E-state index contributed by atoms with van der Waals surface area (Å²) in [6, 6.07) is 3.45. The summed E-state index contributed by atoms with van der Waals surface area (Å²) >= 11 is 1.43. The zero-order valence-corrected chi connectivity index (χ0v) is 9.16. The van der Waals surface area contributed by atoms with Crippen LogP contribution in [0.4, 0.5) is 0 Å². The first-order valence-corrected chi connectivity index (χ1v) is 5.54. The first-order chi connectivity index (χ1) is 7.75. The van der Waals surface area contributed by atoms with E-state index in [2.05, 4.69) is 15.0 Å². The average molecular weight is 238 g/mol. The number of carboxylic acid groups (broad SMARTS) is 1. The highest BCUT2D eigenvalue weighted by atomic mass is 32.1. The van der Waals surface area contributed by atoms with Crippen LogP contribution in [-0.4, -0.2) is 16.2 Å². The Kier molecular flexibility index (Phi) is 3.33. The second kappa shape index (κ2) is 4.91. The number of aromatic nitrogens is 1. The van der Waals surface area contributed by atoms with E-state index in [1.54, 1.807) is 17.5 Å². The van der Waals surface area contributed by atoms with Crippen molar-refractivity contribution in [2.75, 3.05) is 0 Å². The van der Waals surface area contributed by atoms with Crippen molar-refractivity contribution in [1.82, 2.24) is 10.5 Å². The number of carbonyl (C=O) groups is 1. The van der Waals surface area contributed by atoms with Gasteiger partial charge in [0.2, 0.25) is 0 Å². The molecule has 84 valence electrons. The molecule has 2 rings (SSSR count). The van der Waals surface area contributed by atoms with Gasteiger partial charge in [0.1, 0.15) is 6.26 Å². The van der Waals surface area contributed by atoms with Gasteiger partial charge in [0, 0.05) is 29.4 Å². The lowest BCUT2D eigenvalue weighted by molar-refractivity contribution is 0.0697. The standard InChI is InChI=1S/C10H10N2O3S/c13-10(14)7-3-9(16-6-7)5-11-4-8-1-2-15-12-8/h1-3,6,11H,4-5H2,(H,13,14). The van der Waals surface area contributed by atoms with Crippen molar-refractivity contribution < 1.29 is 14.4 Å². The van der Waals surface area contributed by atoms with Crippen molar-refractivity contribution in [2.45, 2.75) is 13.1 Å². The van der Waals surface area contributed by atoms with Crippen LogP contribution in [0.3, 0.4) is 0 Å². The third kappa shape index (κ3) is 2.68. The second-order valence-corrected chi connectivity index (χ2v) is 4.20. The summed E-state index contributed by atoms with van der Waals surface area (Å²) in [5.74, 6) is -0.890. The third-order valence-corrected chi connectivity index (χ3v) is 2.93. The van der Waals surface area contributed by atoms with Crippen molar-refractivity contribution in [3.05, 3.63) is 39.9 Å². The molecule has 2 aromatic heterocycles. The molecular formula is C10H10N2O3S. The van der Waals surface area contributed by atoms with Gasteiger partial charge in [-0.1, -0.05) is 5.16 Å². The van der Waals surface area contributed by atoms with Gasteiger partial charge >= 0.3 is 5.97 Å². The maximum Gasteiger partial charge on any atom is 0.336 e. The van der Waals surface area contributed by atoms with Gasteiger partial charge in [0.15, 0.2) is 0 Å². The van der Waals surface area contributed by atoms with Crippen molar-refractivity contribution >= 4 is 17.3 Å². The largest absolute Gasteiger partial charge is 0.478 e. The number of hydrogen-bond donors (Lipinski definition) is 2. The number of aromatic carboxylic acids is 1. The van der Waals surface area contributed by atoms with E-state index in [1.165, 1.54) is 17.6 Å². The second-order valence-electron chi connectivity index (χ2n) is 3.20. The molecule has 5 nitrogen and oxygen atoms in total. The van der Waals surface area contributed by atoms with Gasteiger partial charge in [0.05, 0.1) is 11.3 Å². The van der Waals surface area contributed by atoms with Gasteiger partial charge in [-0.2, -0.15) is 0 Å². The molecule has 0 atom stereocenters. The van der Waals surface area contributed by atoms with E-state index in [9.17, 15) is 4.79 Å². The van der Waals surface area contributed by atoms with Crippen LogP contribution in [0.2, 0.25) is 0 Å². The van der Waals surface area contributed by atoms with Gasteiger partial charge in [-0.05, 0) is 6.07 Å². The Bertz CT molecular complexity index is 464. The fourth-order valence-corrected chi connectivity index (χ4v) is 2.06. The van der Waals surface area contributed by atoms with Gasteiger partial charge in [0.25, 0.3) is 0 Å². The Hall–Kier alpha value is -1.66. The Morgan fingerprint density at radius 3 is 3.06 bits per heavy atom. The molecule has 0 amide bonds. The van der Waals surface area contributed by atoms with E-state index in [1.807, 2.05) is 0 Å². The summed E-state index contributed by atoms with van der Waals surface area (Å²) in [4.78, 5) is 11.6. The Labute approximate surface area is 95.7 Å². The molecule has 0 saturated heterocycles. The summed E-state index contributed by atoms with van der Waals surface area (Å²) in [5, 5.41) is 17.3. The zero-order valence-electron chi connectivity index (χ0n) is 8.34. The maximum absolute atomic E-state index is 10.6. The molecule has 16 heavy (non-hydrogen) atoms. The zero-order chi connectivity index (χ0) is 11.4. The van der Waals surface area contributed by atoms with E-state index in [0.29, 0.717) is 18.7 Å². The molecule has 0 radical (unpaired) electrons. The number of carboxylic acids is 1. The van der Waals surface area contributed by atoms with Crippen molar-refractivity contribution in [3.63, 3.8) is 0 Å². The van der Waals surface area contributed by atoms with E-state index < -0.39 is 5.97 Å². The molecule has 0 saturated carbocycles. The Balaban J connectivity index is 1.83. The predicted octanol–water partition coefficient (Wildman–Crippen LogP) is 1.72. The SMILES string of the molecule is O=C(O)c1csc(CNCc2ccon2)c1. The summed E-state index contributed by atoms with van der Waals surface area (Å²) in [7, 11) is 0. The Morgan fingerprint density at radius 1 is 1.56 bits per heavy atom. The smallest absolute Gasteiger partial charge is 0.336 e. The minimum Gasteiger partial charge on any atom is -0.478 e. The number of nitrogens with one attached hydrogen (secondary N) is 1. The number of hydrogen-bond acceptors (Lipinski definition) is 5. The predicted molar refractivity (Wildman–Crippen MR) is 58.3 cm³/mol. The normalized spacial score (nSPS) is 10.5. The lowest BCUT2D eigenvalue weighted by atomic mass is 10.3. The van der Waals surface area contributed by atoms with Gasteiger partial charge in [-0.15, -0.1) is 11.3 Å². The molecule has 0 aliphatic carbocycles. The summed E-state index contributed by atoms with van der Waals surface area (Å²) in [6.07, 6.45) is 1.52. The third-order valence-electron chi connectivity index (χ3n) is 2.00. The monoisotopic (exact) mass is 238 g/mol. The lowest BCUT2D eigenvalue weighted by Gasteiger charge is -1.98. The Morgan fingerprint density at radius 2 is 2.44 bits per heavy atom. The van der Waals surface area contributed by atoms with Crippen LogP contribution in [0.15, 0.2) is 28.3 Å². The number of rotatable bonds is 5. The highest BCUT2D eigenvalue weighted by Crippen LogP contribution is 2.14. The van der Waals surface area contributed by atoms with Gasteiger partial charge < -0.3 is 14.9 Å². The van der Waals surface area contributed by atoms with Crippen molar-refractivity contribution in [2.24, 2.45) is 0 Å². The van der Waals surface area contributed by atoms with Crippen molar-refractivity contribution in [1.29, 1.82) is 0 Å². The molecule has 0 aliphatic rings. The minimum atomic E-state index is -0.890. The lowest BCUT2D eigenvalue weighted by Crippen LogP contribution is -2.11. The first kappa shape index (κ1) is 10.8. The van der Waals surface area contributed by atoms with Crippen LogP contribution in [0.25, 0.3) is 0 Å². The highest BCUT2D eigenvalue weighted by Gasteiger charge is 2.06. The summed E-state index contributed by atoms with van der Waals surface area (Å²) in [5.41, 5.74) is 1.17. The number of nitrogens with zero attached hydrogens (tertiary/aromatic N) is 1. The van der Waals surface area contributed by atoms with Gasteiger partial charge in [-0.25, -0.2) is 4.79 Å². The highest BCUT2D eigenvalue weighted by molar-refractivity contribution is 7.10. The molecule has 0 bridgehead atoms. The molecular weight excluding hydrogens is 228 g/mol. The van der Waals surface area contributed by atoms with Crippen LogP contribution >= 0.6 is 11.3 Å². The molecule has 6 heteroatoms. The maximum atomic E-state index is 10.6. The van der Waals surface area contributed by atoms with Crippen LogP contribution in [0.5, 0.6) is 0 Å². The molecule has 0 unspecified atom stereocenters. The molecule has 0 fully saturated rings. The fraction of sp³-hybridized carbons (Fsp3) is 0.200. The summed E-state index contributed by atoms with van der Waals surface area (Å²) < 4.78 is 4.69. The topological polar surface area (TPSA) is 75.4 Å². The first-order valence-electron chi connectivity index (χ1n) is 4.66. The average Bonchev–Trinajstić information content (AvgIpc) is 2.87. The molecule has 0 aliphatic heterocycles. The van der Waals surface area contributed by atoms with Crippen molar-refractivity contribution in [3.8, 4) is 0 Å². The van der Waals surface area contributed by atoms with E-state index in [0.717, 1.165) is 10.6 Å².